The fourth-order valence-corrected chi connectivity index (χ4v) is 2.61. The van der Waals surface area contributed by atoms with Crippen molar-refractivity contribution in [1.29, 1.82) is 0 Å². The third kappa shape index (κ3) is 14.2. The fourth-order valence-electron chi connectivity index (χ4n) is 2.61. The molecule has 0 unspecified atom stereocenters. The molecule has 0 heterocycles. The molecule has 0 radical (unpaired) electrons. The van der Waals surface area contributed by atoms with E-state index in [1.807, 2.05) is 0 Å². The highest BCUT2D eigenvalue weighted by molar-refractivity contribution is 5.72. The summed E-state index contributed by atoms with van der Waals surface area (Å²) in [6.45, 7) is 8.10. The Labute approximate surface area is 229 Å². The minimum atomic E-state index is -2.35. The van der Waals surface area contributed by atoms with E-state index < -0.39 is 58.9 Å². The zero-order valence-electron chi connectivity index (χ0n) is 23.0. The van der Waals surface area contributed by atoms with Crippen LogP contribution >= 0.6 is 0 Å². The Morgan fingerprint density at radius 1 is 0.625 bits per heavy atom. The first-order valence-corrected chi connectivity index (χ1v) is 12.4. The lowest BCUT2D eigenvalue weighted by molar-refractivity contribution is -0.136. The topological polar surface area (TPSA) is 102 Å². The van der Waals surface area contributed by atoms with Crippen molar-refractivity contribution in [3.63, 3.8) is 0 Å². The lowest BCUT2D eigenvalue weighted by Gasteiger charge is -2.24. The van der Waals surface area contributed by atoms with Gasteiger partial charge in [0.15, 0.2) is 0 Å². The summed E-state index contributed by atoms with van der Waals surface area (Å²) in [7, 11) is 1.63. The number of halogens is 5. The maximum atomic E-state index is 13.5. The van der Waals surface area contributed by atoms with E-state index in [2.05, 4.69) is 4.74 Å². The average molecular weight is 590 g/mol. The van der Waals surface area contributed by atoms with Crippen molar-refractivity contribution in [1.82, 2.24) is 4.90 Å². The fraction of sp³-hybridized carbons (Fsp3) is 0.680. The van der Waals surface area contributed by atoms with Crippen LogP contribution in [0.2, 0.25) is 0 Å². The molecule has 0 fully saturated rings. The molecule has 15 heteroatoms. The molecule has 10 nitrogen and oxygen atoms in total. The molecule has 230 valence electrons. The van der Waals surface area contributed by atoms with Crippen molar-refractivity contribution in [3.8, 4) is 5.75 Å². The molecular formula is C25H36F5NO9. The van der Waals surface area contributed by atoms with Crippen LogP contribution in [0.1, 0.15) is 27.2 Å². The smallest absolute Gasteiger partial charge is 0.410 e. The van der Waals surface area contributed by atoms with E-state index in [9.17, 15) is 31.5 Å². The van der Waals surface area contributed by atoms with E-state index >= 15 is 0 Å². The molecule has 0 saturated carbocycles. The van der Waals surface area contributed by atoms with Crippen molar-refractivity contribution in [3.05, 3.63) is 29.1 Å². The van der Waals surface area contributed by atoms with Crippen molar-refractivity contribution in [2.24, 2.45) is 0 Å². The SMILES string of the molecule is CN(CCOCCOCCOCCOCCOCCC(=O)Oc1c(F)c(F)c(F)c(F)c1F)C(=O)OC(C)(C)C. The van der Waals surface area contributed by atoms with Crippen LogP contribution < -0.4 is 4.74 Å². The molecule has 1 amide bonds. The molecule has 1 aromatic rings. The van der Waals surface area contributed by atoms with Gasteiger partial charge in [-0.15, -0.1) is 0 Å². The summed E-state index contributed by atoms with van der Waals surface area (Å²) >= 11 is 0. The molecule has 0 aliphatic rings. The predicted molar refractivity (Wildman–Crippen MR) is 129 cm³/mol. The van der Waals surface area contributed by atoms with Gasteiger partial charge in [0, 0.05) is 13.6 Å². The number of benzene rings is 1. The van der Waals surface area contributed by atoms with Crippen molar-refractivity contribution >= 4 is 12.1 Å². The Morgan fingerprint density at radius 3 is 1.43 bits per heavy atom. The molecule has 0 saturated heterocycles. The summed E-state index contributed by atoms with van der Waals surface area (Å²) in [5.74, 6) is -14.2. The van der Waals surface area contributed by atoms with E-state index in [0.29, 0.717) is 46.2 Å². The third-order valence-electron chi connectivity index (χ3n) is 4.60. The van der Waals surface area contributed by atoms with Gasteiger partial charge in [-0.25, -0.2) is 18.0 Å². The monoisotopic (exact) mass is 589 g/mol. The molecule has 0 bridgehead atoms. The molecule has 0 atom stereocenters. The highest BCUT2D eigenvalue weighted by Gasteiger charge is 2.28. The second-order valence-corrected chi connectivity index (χ2v) is 9.09. The normalized spacial score (nSPS) is 11.5. The molecule has 0 aromatic heterocycles. The first-order chi connectivity index (χ1) is 18.8. The number of carbonyl (C=O) groups is 2. The molecule has 0 spiro atoms. The Morgan fingerprint density at radius 2 is 1.00 bits per heavy atom. The third-order valence-corrected chi connectivity index (χ3v) is 4.60. The van der Waals surface area contributed by atoms with E-state index in [1.165, 1.54) is 4.90 Å². The van der Waals surface area contributed by atoms with Crippen LogP contribution in [0.4, 0.5) is 26.7 Å². The van der Waals surface area contributed by atoms with Crippen LogP contribution in [0.25, 0.3) is 0 Å². The molecule has 1 rings (SSSR count). The van der Waals surface area contributed by atoms with Crippen molar-refractivity contribution in [2.75, 3.05) is 79.7 Å². The summed E-state index contributed by atoms with van der Waals surface area (Å²) in [6.07, 6.45) is -0.906. The maximum Gasteiger partial charge on any atom is 0.410 e. The number of rotatable bonds is 19. The first-order valence-electron chi connectivity index (χ1n) is 12.4. The standard InChI is InChI=1S/C25H36F5NO9/c1-25(2,3)40-24(33)31(4)6-8-35-10-12-37-14-16-38-15-13-36-11-9-34-7-5-17(32)39-23-21(29)19(27)18(26)20(28)22(23)30/h5-16H2,1-4H3. The van der Waals surface area contributed by atoms with Crippen LogP contribution in [0, 0.1) is 29.1 Å². The van der Waals surface area contributed by atoms with E-state index in [-0.39, 0.29) is 26.4 Å². The highest BCUT2D eigenvalue weighted by atomic mass is 19.2. The van der Waals surface area contributed by atoms with Crippen LogP contribution in [0.3, 0.4) is 0 Å². The summed E-state index contributed by atoms with van der Waals surface area (Å²) in [5.41, 5.74) is -0.554. The Balaban J connectivity index is 1.94. The summed E-state index contributed by atoms with van der Waals surface area (Å²) in [4.78, 5) is 24.8. The number of esters is 1. The van der Waals surface area contributed by atoms with E-state index in [1.54, 1.807) is 27.8 Å². The first kappa shape index (κ1) is 35.4. The van der Waals surface area contributed by atoms with Gasteiger partial charge in [0.1, 0.15) is 5.60 Å². The molecule has 1 aromatic carbocycles. The largest absolute Gasteiger partial charge is 0.444 e. The number of hydrogen-bond donors (Lipinski definition) is 0. The van der Waals surface area contributed by atoms with Crippen LogP contribution in [0.15, 0.2) is 0 Å². The van der Waals surface area contributed by atoms with Crippen LogP contribution in [0.5, 0.6) is 5.75 Å². The molecule has 0 aliphatic heterocycles. The van der Waals surface area contributed by atoms with Gasteiger partial charge in [0.05, 0.1) is 72.5 Å². The molecule has 40 heavy (non-hydrogen) atoms. The second-order valence-electron chi connectivity index (χ2n) is 9.09. The van der Waals surface area contributed by atoms with Gasteiger partial charge in [0.25, 0.3) is 0 Å². The predicted octanol–water partition coefficient (Wildman–Crippen LogP) is 3.63. The van der Waals surface area contributed by atoms with Crippen molar-refractivity contribution < 1.29 is 64.7 Å². The number of amides is 1. The average Bonchev–Trinajstić information content (AvgIpc) is 2.89. The van der Waals surface area contributed by atoms with Gasteiger partial charge in [-0.3, -0.25) is 4.79 Å². The summed E-state index contributed by atoms with van der Waals surface area (Å²) in [6, 6.07) is 0. The van der Waals surface area contributed by atoms with Gasteiger partial charge in [-0.2, -0.15) is 8.78 Å². The van der Waals surface area contributed by atoms with Gasteiger partial charge < -0.3 is 38.1 Å². The van der Waals surface area contributed by atoms with E-state index in [0.717, 1.165) is 0 Å². The number of hydrogen-bond acceptors (Lipinski definition) is 9. The number of likely N-dealkylation sites (N-methyl/N-ethyl adjacent to an activating group) is 1. The second kappa shape index (κ2) is 18.7. The number of ether oxygens (including phenoxy) is 7. The highest BCUT2D eigenvalue weighted by Crippen LogP contribution is 2.29. The minimum Gasteiger partial charge on any atom is -0.444 e. The Bertz CT molecular complexity index is 902. The maximum absolute atomic E-state index is 13.5. The lowest BCUT2D eigenvalue weighted by atomic mass is 10.2. The Hall–Kier alpha value is -2.59. The van der Waals surface area contributed by atoms with Gasteiger partial charge in [-0.05, 0) is 20.8 Å². The lowest BCUT2D eigenvalue weighted by Crippen LogP contribution is -2.36. The Kier molecular flexibility index (Phi) is 16.6. The quantitative estimate of drug-likeness (QED) is 0.0598. The van der Waals surface area contributed by atoms with Gasteiger partial charge in [0.2, 0.25) is 34.8 Å². The van der Waals surface area contributed by atoms with Crippen LogP contribution in [-0.2, 0) is 33.2 Å². The zero-order chi connectivity index (χ0) is 30.1. The van der Waals surface area contributed by atoms with Crippen LogP contribution in [-0.4, -0.2) is 102 Å². The van der Waals surface area contributed by atoms with Gasteiger partial charge >= 0.3 is 12.1 Å². The zero-order valence-corrected chi connectivity index (χ0v) is 23.0. The van der Waals surface area contributed by atoms with E-state index in [4.69, 9.17) is 28.4 Å². The molecular weight excluding hydrogens is 553 g/mol. The minimum absolute atomic E-state index is 0.0759. The molecule has 0 N–H and O–H groups in total. The van der Waals surface area contributed by atoms with Gasteiger partial charge in [-0.1, -0.05) is 0 Å². The number of carbonyl (C=O) groups excluding carboxylic acids is 2. The van der Waals surface area contributed by atoms with Crippen molar-refractivity contribution in [2.45, 2.75) is 32.8 Å². The number of nitrogens with zero attached hydrogens (tertiary/aromatic N) is 1. The summed E-state index contributed by atoms with van der Waals surface area (Å²) in [5, 5.41) is 0. The molecule has 0 aliphatic carbocycles. The summed E-state index contributed by atoms with van der Waals surface area (Å²) < 4.78 is 102.